The van der Waals surface area contributed by atoms with E-state index in [9.17, 15) is 13.2 Å². The Morgan fingerprint density at radius 3 is 2.21 bits per heavy atom. The van der Waals surface area contributed by atoms with Gasteiger partial charge in [0.15, 0.2) is 16.1 Å². The molecule has 14 heavy (non-hydrogen) atoms. The van der Waals surface area contributed by atoms with Gasteiger partial charge >= 0.3 is 0 Å². The van der Waals surface area contributed by atoms with Crippen LogP contribution < -0.4 is 0 Å². The molecule has 0 atom stereocenters. The molecule has 1 aromatic carbocycles. The number of hydrogen-bond acceptors (Lipinski definition) is 3. The van der Waals surface area contributed by atoms with Crippen molar-refractivity contribution in [3.05, 3.63) is 40.8 Å². The van der Waals surface area contributed by atoms with Gasteiger partial charge in [-0.15, -0.1) is 0 Å². The van der Waals surface area contributed by atoms with Gasteiger partial charge in [-0.25, -0.2) is 8.42 Å². The third kappa shape index (κ3) is 3.14. The zero-order valence-electron chi connectivity index (χ0n) is 7.67. The Morgan fingerprint density at radius 2 is 1.71 bits per heavy atom. The fourth-order valence-electron chi connectivity index (χ4n) is 0.967. The van der Waals surface area contributed by atoms with Crippen LogP contribution in [0.4, 0.5) is 0 Å². The topological polar surface area (TPSA) is 51.2 Å². The average Bonchev–Trinajstić information content (AvgIpc) is 2.14. The molecule has 0 unspecified atom stereocenters. The fourth-order valence-corrected chi connectivity index (χ4v) is 1.36. The van der Waals surface area contributed by atoms with Crippen molar-refractivity contribution in [3.8, 4) is 0 Å². The van der Waals surface area contributed by atoms with Crippen LogP contribution in [0.15, 0.2) is 29.7 Å². The first kappa shape index (κ1) is 10.7. The van der Waals surface area contributed by atoms with E-state index in [-0.39, 0.29) is 0 Å². The van der Waals surface area contributed by atoms with Gasteiger partial charge in [-0.1, -0.05) is 24.3 Å². The molecule has 0 aromatic heterocycles. The van der Waals surface area contributed by atoms with Gasteiger partial charge in [-0.05, 0) is 11.6 Å². The molecule has 74 valence electrons. The minimum Gasteiger partial charge on any atom is -0.298 e. The molecule has 0 saturated carbocycles. The van der Waals surface area contributed by atoms with Crippen LogP contribution in [0, 0.1) is 0 Å². The highest BCUT2D eigenvalue weighted by molar-refractivity contribution is 7.93. The Morgan fingerprint density at radius 1 is 1.14 bits per heavy atom. The molecule has 0 saturated heterocycles. The Kier molecular flexibility index (Phi) is 3.19. The summed E-state index contributed by atoms with van der Waals surface area (Å²) in [7, 11) is -3.14. The molecule has 0 aliphatic rings. The third-order valence-electron chi connectivity index (χ3n) is 1.62. The van der Waals surface area contributed by atoms with Crippen LogP contribution in [0.2, 0.25) is 0 Å². The summed E-state index contributed by atoms with van der Waals surface area (Å²) in [6.07, 6.45) is 3.22. The minimum absolute atomic E-state index is 0.479. The highest BCUT2D eigenvalue weighted by Gasteiger charge is 1.98. The maximum atomic E-state index is 10.8. The summed E-state index contributed by atoms with van der Waals surface area (Å²) in [6, 6.07) is 6.79. The van der Waals surface area contributed by atoms with Gasteiger partial charge in [0.25, 0.3) is 0 Å². The summed E-state index contributed by atoms with van der Waals surface area (Å²) in [5.41, 5.74) is 1.08. The smallest absolute Gasteiger partial charge is 0.168 e. The van der Waals surface area contributed by atoms with Gasteiger partial charge in [-0.2, -0.15) is 0 Å². The maximum absolute atomic E-state index is 10.8. The molecule has 3 nitrogen and oxygen atoms in total. The summed E-state index contributed by atoms with van der Waals surface area (Å²) >= 11 is 0. The molecule has 0 amide bonds. The van der Waals surface area contributed by atoms with E-state index in [2.05, 4.69) is 0 Å². The zero-order chi connectivity index (χ0) is 10.6. The lowest BCUT2D eigenvalue weighted by atomic mass is 10.1. The number of rotatable bonds is 3. The van der Waals surface area contributed by atoms with Crippen LogP contribution in [-0.2, 0) is 9.84 Å². The van der Waals surface area contributed by atoms with E-state index < -0.39 is 9.84 Å². The SMILES string of the molecule is CS(=O)(=O)C=Cc1ccccc1C=O. The summed E-state index contributed by atoms with van der Waals surface area (Å²) in [4.78, 5) is 10.6. The molecule has 0 heterocycles. The quantitative estimate of drug-likeness (QED) is 0.710. The predicted molar refractivity (Wildman–Crippen MR) is 55.7 cm³/mol. The van der Waals surface area contributed by atoms with Crippen LogP contribution in [0.5, 0.6) is 0 Å². The molecule has 0 spiro atoms. The maximum Gasteiger partial charge on any atom is 0.168 e. The lowest BCUT2D eigenvalue weighted by Crippen LogP contribution is -1.89. The second kappa shape index (κ2) is 4.19. The highest BCUT2D eigenvalue weighted by Crippen LogP contribution is 2.08. The molecule has 0 fully saturated rings. The Bertz CT molecular complexity index is 458. The minimum atomic E-state index is -3.14. The Labute approximate surface area is 83.0 Å². The number of hydrogen-bond donors (Lipinski definition) is 0. The molecular weight excluding hydrogens is 200 g/mol. The van der Waals surface area contributed by atoms with Crippen molar-refractivity contribution in [2.75, 3.05) is 6.26 Å². The van der Waals surface area contributed by atoms with E-state index in [0.29, 0.717) is 17.4 Å². The molecule has 0 N–H and O–H groups in total. The molecule has 0 bridgehead atoms. The molecule has 1 aromatic rings. The molecule has 0 aliphatic heterocycles. The monoisotopic (exact) mass is 210 g/mol. The molecule has 4 heteroatoms. The van der Waals surface area contributed by atoms with Gasteiger partial charge < -0.3 is 0 Å². The number of benzene rings is 1. The van der Waals surface area contributed by atoms with Gasteiger partial charge in [0.1, 0.15) is 0 Å². The van der Waals surface area contributed by atoms with Crippen LogP contribution in [0.25, 0.3) is 6.08 Å². The first-order valence-electron chi connectivity index (χ1n) is 3.95. The summed E-state index contributed by atoms with van der Waals surface area (Å²) in [6.45, 7) is 0. The van der Waals surface area contributed by atoms with E-state index in [1.54, 1.807) is 24.3 Å². The van der Waals surface area contributed by atoms with Gasteiger partial charge in [0, 0.05) is 17.2 Å². The third-order valence-corrected chi connectivity index (χ3v) is 2.25. The zero-order valence-corrected chi connectivity index (χ0v) is 8.49. The average molecular weight is 210 g/mol. The van der Waals surface area contributed by atoms with Gasteiger partial charge in [0.05, 0.1) is 0 Å². The van der Waals surface area contributed by atoms with Crippen LogP contribution in [-0.4, -0.2) is 21.0 Å². The van der Waals surface area contributed by atoms with Crippen molar-refractivity contribution >= 4 is 22.2 Å². The second-order valence-corrected chi connectivity index (χ2v) is 4.81. The van der Waals surface area contributed by atoms with E-state index in [0.717, 1.165) is 11.7 Å². The Hall–Kier alpha value is -1.42. The molecule has 0 aliphatic carbocycles. The Balaban J connectivity index is 3.09. The standard InChI is InChI=1S/C10H10O3S/c1-14(12,13)7-6-9-4-2-3-5-10(9)8-11/h2-8H,1H3. The van der Waals surface area contributed by atoms with Crippen molar-refractivity contribution in [1.82, 2.24) is 0 Å². The first-order chi connectivity index (χ1) is 6.53. The van der Waals surface area contributed by atoms with E-state index in [1.807, 2.05) is 0 Å². The summed E-state index contributed by atoms with van der Waals surface area (Å²) in [5, 5.41) is 1.08. The summed E-state index contributed by atoms with van der Waals surface area (Å²) in [5.74, 6) is 0. The molecule has 1 rings (SSSR count). The van der Waals surface area contributed by atoms with E-state index in [4.69, 9.17) is 0 Å². The van der Waals surface area contributed by atoms with Crippen LogP contribution in [0.3, 0.4) is 0 Å². The lowest BCUT2D eigenvalue weighted by molar-refractivity contribution is 0.112. The van der Waals surface area contributed by atoms with E-state index in [1.165, 1.54) is 6.08 Å². The van der Waals surface area contributed by atoms with Crippen molar-refractivity contribution in [2.24, 2.45) is 0 Å². The number of sulfone groups is 1. The fraction of sp³-hybridized carbons (Fsp3) is 0.100. The number of aldehydes is 1. The van der Waals surface area contributed by atoms with Crippen molar-refractivity contribution in [3.63, 3.8) is 0 Å². The number of carbonyl (C=O) groups is 1. The second-order valence-electron chi connectivity index (χ2n) is 2.88. The van der Waals surface area contributed by atoms with Crippen LogP contribution >= 0.6 is 0 Å². The molecule has 0 radical (unpaired) electrons. The van der Waals surface area contributed by atoms with Gasteiger partial charge in [0.2, 0.25) is 0 Å². The normalized spacial score (nSPS) is 11.8. The largest absolute Gasteiger partial charge is 0.298 e. The van der Waals surface area contributed by atoms with Crippen molar-refractivity contribution in [2.45, 2.75) is 0 Å². The summed E-state index contributed by atoms with van der Waals surface area (Å²) < 4.78 is 21.7. The molecular formula is C10H10O3S. The van der Waals surface area contributed by atoms with E-state index >= 15 is 0 Å². The lowest BCUT2D eigenvalue weighted by Gasteiger charge is -1.96. The predicted octanol–water partition coefficient (Wildman–Crippen LogP) is 1.51. The first-order valence-corrected chi connectivity index (χ1v) is 5.91. The van der Waals surface area contributed by atoms with Crippen LogP contribution in [0.1, 0.15) is 15.9 Å². The van der Waals surface area contributed by atoms with Crippen molar-refractivity contribution in [1.29, 1.82) is 0 Å². The number of carbonyl (C=O) groups excluding carboxylic acids is 1. The highest BCUT2D eigenvalue weighted by atomic mass is 32.2. The van der Waals surface area contributed by atoms with Gasteiger partial charge in [-0.3, -0.25) is 4.79 Å². The van der Waals surface area contributed by atoms with Crippen molar-refractivity contribution < 1.29 is 13.2 Å².